The first kappa shape index (κ1) is 11.7. The number of benzene rings is 1. The van der Waals surface area contributed by atoms with Gasteiger partial charge >= 0.3 is 5.97 Å². The molecule has 0 unspecified atom stereocenters. The van der Waals surface area contributed by atoms with E-state index in [2.05, 4.69) is 0 Å². The second-order valence-corrected chi connectivity index (χ2v) is 2.91. The Bertz CT molecular complexity index is 474. The minimum absolute atomic E-state index is 0.0602. The number of hydrogen-bond donors (Lipinski definition) is 1. The first-order chi connectivity index (χ1) is 7.63. The Labute approximate surface area is 91.9 Å². The van der Waals surface area contributed by atoms with Crippen molar-refractivity contribution in [2.75, 3.05) is 6.61 Å². The molecule has 5 nitrogen and oxygen atoms in total. The Morgan fingerprint density at radius 2 is 2.31 bits per heavy atom. The van der Waals surface area contributed by atoms with Gasteiger partial charge in [-0.3, -0.25) is 4.79 Å². The van der Waals surface area contributed by atoms with Crippen LogP contribution < -0.4 is 0 Å². The largest absolute Gasteiger partial charge is 0.508 e. The number of hydrogen-bond acceptors (Lipinski definition) is 5. The van der Waals surface area contributed by atoms with E-state index in [1.54, 1.807) is 13.0 Å². The lowest BCUT2D eigenvalue weighted by Crippen LogP contribution is -2.10. The van der Waals surface area contributed by atoms with Crippen molar-refractivity contribution in [2.45, 2.75) is 6.92 Å². The quantitative estimate of drug-likeness (QED) is 0.610. The summed E-state index contributed by atoms with van der Waals surface area (Å²) in [5, 5.41) is 18.0. The van der Waals surface area contributed by atoms with Crippen LogP contribution >= 0.6 is 0 Å². The van der Waals surface area contributed by atoms with Crippen LogP contribution in [0.3, 0.4) is 0 Å². The van der Waals surface area contributed by atoms with Gasteiger partial charge in [-0.15, -0.1) is 0 Å². The number of carbonyl (C=O) groups excluding carboxylic acids is 2. The van der Waals surface area contributed by atoms with Crippen molar-refractivity contribution >= 4 is 12.3 Å². The van der Waals surface area contributed by atoms with Crippen molar-refractivity contribution in [2.24, 2.45) is 0 Å². The summed E-state index contributed by atoms with van der Waals surface area (Å²) in [6, 6.07) is 3.95. The third-order valence-corrected chi connectivity index (χ3v) is 1.88. The third-order valence-electron chi connectivity index (χ3n) is 1.88. The van der Waals surface area contributed by atoms with E-state index < -0.39 is 5.97 Å². The molecule has 82 valence electrons. The van der Waals surface area contributed by atoms with Crippen molar-refractivity contribution in [3.63, 3.8) is 0 Å². The van der Waals surface area contributed by atoms with Gasteiger partial charge in [0.25, 0.3) is 0 Å². The molecule has 0 aliphatic heterocycles. The molecule has 1 aromatic rings. The van der Waals surface area contributed by atoms with E-state index >= 15 is 0 Å². The van der Waals surface area contributed by atoms with Gasteiger partial charge in [0.05, 0.1) is 17.7 Å². The highest BCUT2D eigenvalue weighted by molar-refractivity contribution is 6.00. The normalized spacial score (nSPS) is 9.25. The zero-order valence-electron chi connectivity index (χ0n) is 8.56. The molecule has 0 heterocycles. The molecule has 16 heavy (non-hydrogen) atoms. The van der Waals surface area contributed by atoms with Crippen LogP contribution in [-0.4, -0.2) is 24.0 Å². The Morgan fingerprint density at radius 1 is 1.62 bits per heavy atom. The van der Waals surface area contributed by atoms with Crippen LogP contribution in [0.4, 0.5) is 0 Å². The molecule has 1 aromatic carbocycles. The molecule has 1 rings (SSSR count). The van der Waals surface area contributed by atoms with Gasteiger partial charge in [-0.1, -0.05) is 0 Å². The monoisotopic (exact) mass is 219 g/mol. The van der Waals surface area contributed by atoms with E-state index in [1.807, 2.05) is 0 Å². The first-order valence-corrected chi connectivity index (χ1v) is 4.53. The van der Waals surface area contributed by atoms with Gasteiger partial charge < -0.3 is 9.84 Å². The molecule has 0 atom stereocenters. The lowest BCUT2D eigenvalue weighted by atomic mass is 10.0. The summed E-state index contributed by atoms with van der Waals surface area (Å²) in [6.45, 7) is 1.76. The highest BCUT2D eigenvalue weighted by Crippen LogP contribution is 2.21. The summed E-state index contributed by atoms with van der Waals surface area (Å²) >= 11 is 0. The SMILES string of the molecule is CCOC(=O)c1c(C#N)cc(O)cc1C=O. The van der Waals surface area contributed by atoms with Crippen LogP contribution in [0.2, 0.25) is 0 Å². The molecule has 1 N–H and O–H groups in total. The fourth-order valence-electron chi connectivity index (χ4n) is 1.26. The van der Waals surface area contributed by atoms with Crippen LogP contribution in [-0.2, 0) is 4.74 Å². The predicted octanol–water partition coefficient (Wildman–Crippen LogP) is 1.25. The molecule has 0 radical (unpaired) electrons. The van der Waals surface area contributed by atoms with Gasteiger partial charge in [-0.05, 0) is 19.1 Å². The molecule has 0 saturated heterocycles. The highest BCUT2D eigenvalue weighted by atomic mass is 16.5. The molecular formula is C11H9NO4. The van der Waals surface area contributed by atoms with Gasteiger partial charge in [0, 0.05) is 5.56 Å². The van der Waals surface area contributed by atoms with Crippen molar-refractivity contribution in [3.8, 4) is 11.8 Å². The van der Waals surface area contributed by atoms with Crippen LogP contribution in [0.25, 0.3) is 0 Å². The van der Waals surface area contributed by atoms with Crippen molar-refractivity contribution in [1.82, 2.24) is 0 Å². The summed E-state index contributed by atoms with van der Waals surface area (Å²) in [7, 11) is 0. The number of esters is 1. The summed E-state index contributed by atoms with van der Waals surface area (Å²) in [4.78, 5) is 22.2. The summed E-state index contributed by atoms with van der Waals surface area (Å²) in [5.74, 6) is -0.993. The lowest BCUT2D eigenvalue weighted by molar-refractivity contribution is 0.0524. The number of rotatable bonds is 3. The number of phenolic OH excluding ortho intramolecular Hbond substituents is 1. The molecule has 0 fully saturated rings. The van der Waals surface area contributed by atoms with Crippen LogP contribution in [0, 0.1) is 11.3 Å². The van der Waals surface area contributed by atoms with E-state index in [1.165, 1.54) is 0 Å². The second kappa shape index (κ2) is 4.94. The fourth-order valence-corrected chi connectivity index (χ4v) is 1.26. The number of phenols is 1. The van der Waals surface area contributed by atoms with Gasteiger partial charge in [-0.2, -0.15) is 5.26 Å². The second-order valence-electron chi connectivity index (χ2n) is 2.91. The number of aldehydes is 1. The summed E-state index contributed by atoms with van der Waals surface area (Å²) in [6.07, 6.45) is 0.396. The van der Waals surface area contributed by atoms with E-state index in [4.69, 9.17) is 10.00 Å². The van der Waals surface area contributed by atoms with Crippen LogP contribution in [0.1, 0.15) is 33.2 Å². The van der Waals surface area contributed by atoms with Crippen LogP contribution in [0.5, 0.6) is 5.75 Å². The number of ether oxygens (including phenoxy) is 1. The zero-order chi connectivity index (χ0) is 12.1. The molecule has 0 bridgehead atoms. The highest BCUT2D eigenvalue weighted by Gasteiger charge is 2.18. The van der Waals surface area contributed by atoms with Gasteiger partial charge in [0.2, 0.25) is 0 Å². The smallest absolute Gasteiger partial charge is 0.340 e. The van der Waals surface area contributed by atoms with Crippen molar-refractivity contribution in [1.29, 1.82) is 5.26 Å². The molecule has 0 saturated carbocycles. The van der Waals surface area contributed by atoms with Gasteiger partial charge in [0.1, 0.15) is 11.8 Å². The average Bonchev–Trinajstić information content (AvgIpc) is 2.27. The maximum atomic E-state index is 11.5. The molecule has 0 spiro atoms. The molecular weight excluding hydrogens is 210 g/mol. The maximum absolute atomic E-state index is 11.5. The van der Waals surface area contributed by atoms with E-state index in [0.717, 1.165) is 12.1 Å². The lowest BCUT2D eigenvalue weighted by Gasteiger charge is -2.06. The Balaban J connectivity index is 3.40. The average molecular weight is 219 g/mol. The number of aromatic hydroxyl groups is 1. The Kier molecular flexibility index (Phi) is 3.62. The maximum Gasteiger partial charge on any atom is 0.340 e. The fraction of sp³-hybridized carbons (Fsp3) is 0.182. The van der Waals surface area contributed by atoms with Crippen molar-refractivity contribution in [3.05, 3.63) is 28.8 Å². The van der Waals surface area contributed by atoms with E-state index in [9.17, 15) is 14.7 Å². The summed E-state index contributed by atoms with van der Waals surface area (Å²) < 4.78 is 4.72. The van der Waals surface area contributed by atoms with E-state index in [0.29, 0.717) is 6.29 Å². The van der Waals surface area contributed by atoms with Gasteiger partial charge in [-0.25, -0.2) is 4.79 Å². The number of carbonyl (C=O) groups is 2. The molecule has 0 amide bonds. The molecule has 0 aliphatic carbocycles. The topological polar surface area (TPSA) is 87.4 Å². The van der Waals surface area contributed by atoms with E-state index in [-0.39, 0.29) is 29.0 Å². The number of nitrogens with zero attached hydrogens (tertiary/aromatic N) is 1. The molecule has 0 aliphatic rings. The predicted molar refractivity (Wildman–Crippen MR) is 54.2 cm³/mol. The first-order valence-electron chi connectivity index (χ1n) is 4.53. The Morgan fingerprint density at radius 3 is 2.81 bits per heavy atom. The van der Waals surface area contributed by atoms with Gasteiger partial charge in [0.15, 0.2) is 6.29 Å². The standard InChI is InChI=1S/C11H9NO4/c1-2-16-11(15)10-7(5-12)3-9(14)4-8(10)6-13/h3-4,6,14H,2H2,1H3. The minimum atomic E-state index is -0.749. The zero-order valence-corrected chi connectivity index (χ0v) is 8.56. The summed E-state index contributed by atoms with van der Waals surface area (Å²) in [5.41, 5.74) is -0.257. The van der Waals surface area contributed by atoms with Crippen molar-refractivity contribution < 1.29 is 19.4 Å². The minimum Gasteiger partial charge on any atom is -0.508 e. The van der Waals surface area contributed by atoms with Crippen LogP contribution in [0.15, 0.2) is 12.1 Å². The Hall–Kier alpha value is -2.35. The molecule has 0 aromatic heterocycles. The molecule has 5 heteroatoms. The third kappa shape index (κ3) is 2.17. The number of nitriles is 1.